The summed E-state index contributed by atoms with van der Waals surface area (Å²) >= 11 is 2.46. The average Bonchev–Trinajstić information content (AvgIpc) is 3.71. The van der Waals surface area contributed by atoms with Gasteiger partial charge in [0.15, 0.2) is 24.2 Å². The first kappa shape index (κ1) is 43.5. The van der Waals surface area contributed by atoms with Gasteiger partial charge in [-0.05, 0) is 63.6 Å². The van der Waals surface area contributed by atoms with E-state index in [2.05, 4.69) is 22.6 Å². The number of alkyl halides is 1. The minimum Gasteiger partial charge on any atom is -0.466 e. The molecule has 0 saturated carbocycles. The number of carbonyl (C=O) groups excluding carboxylic acids is 1. The topological polar surface area (TPSA) is 119 Å². The molecule has 7 rings (SSSR count). The van der Waals surface area contributed by atoms with Crippen molar-refractivity contribution in [2.45, 2.75) is 144 Å². The van der Waals surface area contributed by atoms with Crippen LogP contribution in [0.3, 0.4) is 0 Å². The summed E-state index contributed by atoms with van der Waals surface area (Å²) in [7, 11) is 0. The smallest absolute Gasteiger partial charge is 0.302 e. The maximum Gasteiger partial charge on any atom is 0.302 e. The predicted octanol–water partition coefficient (Wildman–Crippen LogP) is 7.42. The maximum atomic E-state index is 11.6. The number of carbonyl (C=O) groups is 1. The Morgan fingerprint density at radius 2 is 1.21 bits per heavy atom. The van der Waals surface area contributed by atoms with Gasteiger partial charge >= 0.3 is 5.97 Å². The second kappa shape index (κ2) is 19.4. The molecule has 0 unspecified atom stereocenters. The lowest BCUT2D eigenvalue weighted by Gasteiger charge is -2.51. The lowest BCUT2D eigenvalue weighted by molar-refractivity contribution is -0.307. The van der Waals surface area contributed by atoms with E-state index in [0.29, 0.717) is 45.7 Å². The van der Waals surface area contributed by atoms with E-state index in [-0.39, 0.29) is 19.2 Å². The molecule has 4 heterocycles. The molecule has 316 valence electrons. The van der Waals surface area contributed by atoms with Crippen LogP contribution in [0, 0.1) is 0 Å². The maximum absolute atomic E-state index is 11.6. The Kier molecular flexibility index (Phi) is 14.6. The highest BCUT2D eigenvalue weighted by Gasteiger charge is 2.62. The van der Waals surface area contributed by atoms with Gasteiger partial charge in [-0.3, -0.25) is 4.79 Å². The van der Waals surface area contributed by atoms with Gasteiger partial charge in [0.05, 0.1) is 39.6 Å². The Balaban J connectivity index is 1.19. The zero-order valence-corrected chi connectivity index (χ0v) is 36.2. The number of benzene rings is 3. The molecule has 0 aliphatic carbocycles. The van der Waals surface area contributed by atoms with Crippen molar-refractivity contribution in [2.75, 3.05) is 19.8 Å². The SMILES string of the molecule is CC(=O)OCCCC[C@@]1(I)[C@@H](OC[C@H]2O[C@@H]3OC(C)(C)O[C@@H]3[C@H]3OC(C)(C)O[C@H]32)O[C@H](COCc2ccccc2)[C@@H](OCc2ccccc2)[C@@H]1OCc1ccccc1. The van der Waals surface area contributed by atoms with Crippen molar-refractivity contribution < 1.29 is 56.9 Å². The number of ether oxygens (including phenoxy) is 11. The van der Waals surface area contributed by atoms with Crippen LogP contribution in [0.1, 0.15) is 70.6 Å². The summed E-state index contributed by atoms with van der Waals surface area (Å²) in [4.78, 5) is 11.6. The van der Waals surface area contributed by atoms with Gasteiger partial charge in [-0.15, -0.1) is 0 Å². The standard InChI is InChI=1S/C45H57IO12/c1-30(47)49-24-16-15-23-45(46)40(51-27-33-21-13-8-14-22-33)37(50-26-32-19-11-7-12-20-32)34(28-48-25-31-17-9-6-10-18-31)54-42(45)52-29-35-36-38(56-43(2,3)55-36)39-41(53-35)58-44(4,5)57-39/h6-14,17-22,34-42H,15-16,23-29H2,1-5H3/t34-,35-,36+,37-,38+,39-,40+,41-,42+,45+/m1/s1. The molecule has 58 heavy (non-hydrogen) atoms. The van der Waals surface area contributed by atoms with Crippen LogP contribution in [0.4, 0.5) is 0 Å². The minimum atomic E-state index is -0.862. The summed E-state index contributed by atoms with van der Waals surface area (Å²) in [6.07, 6.45) is -3.15. The summed E-state index contributed by atoms with van der Waals surface area (Å²) in [5.41, 5.74) is 3.10. The van der Waals surface area contributed by atoms with E-state index in [9.17, 15) is 4.79 Å². The van der Waals surface area contributed by atoms with E-state index in [0.717, 1.165) is 16.7 Å². The van der Waals surface area contributed by atoms with Gasteiger partial charge in [0.2, 0.25) is 0 Å². The quantitative estimate of drug-likeness (QED) is 0.0547. The lowest BCUT2D eigenvalue weighted by Crippen LogP contribution is -2.66. The highest BCUT2D eigenvalue weighted by atomic mass is 127. The molecule has 0 N–H and O–H groups in total. The van der Waals surface area contributed by atoms with Crippen molar-refractivity contribution in [1.82, 2.24) is 0 Å². The van der Waals surface area contributed by atoms with Crippen LogP contribution in [0.25, 0.3) is 0 Å². The second-order valence-corrected chi connectivity index (χ2v) is 18.3. The zero-order chi connectivity index (χ0) is 40.8. The molecule has 12 nitrogen and oxygen atoms in total. The fourth-order valence-corrected chi connectivity index (χ4v) is 9.31. The van der Waals surface area contributed by atoms with Crippen LogP contribution in [-0.4, -0.2) is 96.1 Å². The monoisotopic (exact) mass is 916 g/mol. The van der Waals surface area contributed by atoms with Crippen molar-refractivity contribution >= 4 is 28.6 Å². The lowest BCUT2D eigenvalue weighted by atomic mass is 9.86. The van der Waals surface area contributed by atoms with Crippen molar-refractivity contribution in [1.29, 1.82) is 0 Å². The molecule has 10 atom stereocenters. The molecular formula is C45H57IO12. The third kappa shape index (κ3) is 11.0. The largest absolute Gasteiger partial charge is 0.466 e. The first-order valence-corrected chi connectivity index (χ1v) is 21.4. The van der Waals surface area contributed by atoms with Crippen LogP contribution in [0.2, 0.25) is 0 Å². The third-order valence-corrected chi connectivity index (χ3v) is 12.4. The molecule has 13 heteroatoms. The number of rotatable bonds is 18. The molecule has 0 spiro atoms. The highest BCUT2D eigenvalue weighted by Crippen LogP contribution is 2.47. The van der Waals surface area contributed by atoms with E-state index in [4.69, 9.17) is 52.1 Å². The molecule has 0 bridgehead atoms. The Morgan fingerprint density at radius 3 is 1.84 bits per heavy atom. The molecule has 0 aromatic heterocycles. The van der Waals surface area contributed by atoms with Crippen molar-refractivity contribution in [3.63, 3.8) is 0 Å². The van der Waals surface area contributed by atoms with E-state index >= 15 is 0 Å². The second-order valence-electron chi connectivity index (χ2n) is 16.3. The van der Waals surface area contributed by atoms with Gasteiger partial charge < -0.3 is 52.1 Å². The van der Waals surface area contributed by atoms with Crippen molar-refractivity contribution in [2.24, 2.45) is 0 Å². The number of esters is 1. The number of halogens is 1. The molecule has 3 aromatic rings. The first-order valence-electron chi connectivity index (χ1n) is 20.3. The number of hydrogen-bond acceptors (Lipinski definition) is 12. The Hall–Kier alpha value is -2.54. The minimum absolute atomic E-state index is 0.106. The van der Waals surface area contributed by atoms with Crippen LogP contribution in [0.5, 0.6) is 0 Å². The number of unbranched alkanes of at least 4 members (excludes halogenated alkanes) is 1. The van der Waals surface area contributed by atoms with Crippen LogP contribution in [-0.2, 0) is 76.7 Å². The summed E-state index contributed by atoms with van der Waals surface area (Å²) in [5.74, 6) is -2.02. The van der Waals surface area contributed by atoms with Crippen molar-refractivity contribution in [3.05, 3.63) is 108 Å². The fourth-order valence-electron chi connectivity index (χ4n) is 8.07. The van der Waals surface area contributed by atoms with E-state index < -0.39 is 70.3 Å². The normalized spacial score (nSPS) is 32.3. The third-order valence-electron chi connectivity index (χ3n) is 10.7. The average molecular weight is 917 g/mol. The molecule has 4 saturated heterocycles. The van der Waals surface area contributed by atoms with E-state index in [1.165, 1.54) is 6.92 Å². The zero-order valence-electron chi connectivity index (χ0n) is 34.0. The predicted molar refractivity (Wildman–Crippen MR) is 221 cm³/mol. The first-order chi connectivity index (χ1) is 27.9. The van der Waals surface area contributed by atoms with Gasteiger partial charge in [-0.2, -0.15) is 0 Å². The Morgan fingerprint density at radius 1 is 0.638 bits per heavy atom. The van der Waals surface area contributed by atoms with Crippen molar-refractivity contribution in [3.8, 4) is 0 Å². The summed E-state index contributed by atoms with van der Waals surface area (Å²) < 4.78 is 70.7. The van der Waals surface area contributed by atoms with E-state index in [1.54, 1.807) is 0 Å². The van der Waals surface area contributed by atoms with Gasteiger partial charge in [0.1, 0.15) is 46.1 Å². The van der Waals surface area contributed by atoms with Crippen LogP contribution < -0.4 is 0 Å². The van der Waals surface area contributed by atoms with Gasteiger partial charge in [0.25, 0.3) is 0 Å². The fraction of sp³-hybridized carbons (Fsp3) is 0.578. The van der Waals surface area contributed by atoms with Gasteiger partial charge in [0, 0.05) is 6.92 Å². The van der Waals surface area contributed by atoms with E-state index in [1.807, 2.05) is 119 Å². The molecule has 0 amide bonds. The number of hydrogen-bond donors (Lipinski definition) is 0. The molecule has 4 aliphatic heterocycles. The summed E-state index contributed by atoms with van der Waals surface area (Å²) in [6, 6.07) is 30.2. The Labute approximate surface area is 355 Å². The Bertz CT molecular complexity index is 1730. The summed E-state index contributed by atoms with van der Waals surface area (Å²) in [5, 5.41) is 0. The van der Waals surface area contributed by atoms with Crippen LogP contribution >= 0.6 is 22.6 Å². The van der Waals surface area contributed by atoms with Gasteiger partial charge in [-0.1, -0.05) is 114 Å². The molecule has 4 aliphatic rings. The molecule has 4 fully saturated rings. The number of fused-ring (bicyclic) bond motifs is 3. The molecular weight excluding hydrogens is 859 g/mol. The van der Waals surface area contributed by atoms with Crippen LogP contribution in [0.15, 0.2) is 91.0 Å². The summed E-state index contributed by atoms with van der Waals surface area (Å²) in [6.45, 7) is 10.6. The molecule has 3 aromatic carbocycles. The highest BCUT2D eigenvalue weighted by molar-refractivity contribution is 14.1. The van der Waals surface area contributed by atoms with Gasteiger partial charge in [-0.25, -0.2) is 0 Å². The molecule has 0 radical (unpaired) electrons.